The summed E-state index contributed by atoms with van der Waals surface area (Å²) in [5, 5.41) is 9.48. The van der Waals surface area contributed by atoms with E-state index in [2.05, 4.69) is 4.90 Å². The molecular weight excluding hydrogens is 319 g/mol. The summed E-state index contributed by atoms with van der Waals surface area (Å²) >= 11 is 0. The largest absolute Gasteiger partial charge is 0.416 e. The molecule has 134 valence electrons. The lowest BCUT2D eigenvalue weighted by molar-refractivity contribution is -0.137. The summed E-state index contributed by atoms with van der Waals surface area (Å²) in [7, 11) is 0. The van der Waals surface area contributed by atoms with Gasteiger partial charge in [0.2, 0.25) is 0 Å². The van der Waals surface area contributed by atoms with Crippen LogP contribution in [-0.2, 0) is 10.9 Å². The highest BCUT2D eigenvalue weighted by Crippen LogP contribution is 2.37. The summed E-state index contributed by atoms with van der Waals surface area (Å²) in [4.78, 5) is 2.30. The summed E-state index contributed by atoms with van der Waals surface area (Å²) in [5.74, 6) is 0.252. The molecule has 0 radical (unpaired) electrons. The Hall–Kier alpha value is -1.11. The molecule has 24 heavy (non-hydrogen) atoms. The van der Waals surface area contributed by atoms with Crippen LogP contribution < -0.4 is 0 Å². The molecule has 0 aromatic heterocycles. The molecule has 2 aliphatic rings. The summed E-state index contributed by atoms with van der Waals surface area (Å²) in [6, 6.07) is 5.56. The molecule has 3 atom stereocenters. The predicted molar refractivity (Wildman–Crippen MR) is 84.5 cm³/mol. The molecule has 1 N–H and O–H groups in total. The van der Waals surface area contributed by atoms with E-state index in [1.54, 1.807) is 12.1 Å². The first-order valence-corrected chi connectivity index (χ1v) is 8.62. The van der Waals surface area contributed by atoms with Crippen LogP contribution in [0.1, 0.15) is 42.9 Å². The van der Waals surface area contributed by atoms with Crippen LogP contribution in [-0.4, -0.2) is 42.4 Å². The molecule has 0 bridgehead atoms. The van der Waals surface area contributed by atoms with Crippen molar-refractivity contribution in [2.45, 2.75) is 44.0 Å². The number of hydrogen-bond donors (Lipinski definition) is 1. The maximum absolute atomic E-state index is 12.7. The average molecular weight is 343 g/mol. The first-order chi connectivity index (χ1) is 11.5. The lowest BCUT2D eigenvalue weighted by Gasteiger charge is -2.36. The molecule has 1 unspecified atom stereocenters. The third-order valence-corrected chi connectivity index (χ3v) is 5.19. The molecule has 2 saturated heterocycles. The number of aliphatic hydroxyl groups excluding tert-OH is 1. The smallest absolute Gasteiger partial charge is 0.395 e. The van der Waals surface area contributed by atoms with Gasteiger partial charge < -0.3 is 9.84 Å². The van der Waals surface area contributed by atoms with E-state index in [4.69, 9.17) is 4.74 Å². The highest BCUT2D eigenvalue weighted by atomic mass is 19.4. The van der Waals surface area contributed by atoms with Crippen LogP contribution in [0.5, 0.6) is 0 Å². The molecule has 0 saturated carbocycles. The Balaban J connectivity index is 1.72. The molecule has 1 aromatic rings. The van der Waals surface area contributed by atoms with E-state index < -0.39 is 11.7 Å². The van der Waals surface area contributed by atoms with E-state index in [0.717, 1.165) is 56.5 Å². The van der Waals surface area contributed by atoms with Crippen LogP contribution in [0, 0.1) is 5.92 Å². The lowest BCUT2D eigenvalue weighted by Crippen LogP contribution is -2.39. The average Bonchev–Trinajstić information content (AvgIpc) is 3.02. The predicted octanol–water partition coefficient (Wildman–Crippen LogP) is 3.63. The fourth-order valence-corrected chi connectivity index (χ4v) is 3.90. The van der Waals surface area contributed by atoms with Gasteiger partial charge in [-0.3, -0.25) is 4.90 Å². The minimum absolute atomic E-state index is 0.165. The second-order valence-corrected chi connectivity index (χ2v) is 6.79. The van der Waals surface area contributed by atoms with Crippen molar-refractivity contribution in [3.05, 3.63) is 35.4 Å². The van der Waals surface area contributed by atoms with Crippen molar-refractivity contribution in [2.75, 3.05) is 26.3 Å². The van der Waals surface area contributed by atoms with Gasteiger partial charge in [0, 0.05) is 25.1 Å². The number of nitrogens with zero attached hydrogens (tertiary/aromatic N) is 1. The zero-order chi connectivity index (χ0) is 17.2. The number of aliphatic hydroxyl groups is 1. The van der Waals surface area contributed by atoms with Crippen LogP contribution in [0.4, 0.5) is 13.2 Å². The molecule has 3 rings (SSSR count). The van der Waals surface area contributed by atoms with E-state index in [9.17, 15) is 18.3 Å². The zero-order valence-electron chi connectivity index (χ0n) is 13.6. The molecule has 2 aliphatic heterocycles. The molecule has 0 amide bonds. The first kappa shape index (κ1) is 17.7. The summed E-state index contributed by atoms with van der Waals surface area (Å²) < 4.78 is 44.1. The van der Waals surface area contributed by atoms with Crippen molar-refractivity contribution in [2.24, 2.45) is 5.92 Å². The van der Waals surface area contributed by atoms with E-state index in [1.807, 2.05) is 0 Å². The summed E-state index contributed by atoms with van der Waals surface area (Å²) in [6.45, 7) is 2.61. The number of ether oxygens (including phenoxy) is 1. The molecule has 0 spiro atoms. The van der Waals surface area contributed by atoms with Gasteiger partial charge in [-0.05, 0) is 49.9 Å². The molecule has 6 heteroatoms. The lowest BCUT2D eigenvalue weighted by atomic mass is 9.88. The SMILES string of the molecule is OCC1CCCN1C[C@H]1CCCO[C@@H]1c1ccc(C(F)(F)F)cc1. The van der Waals surface area contributed by atoms with Gasteiger partial charge in [0.05, 0.1) is 18.3 Å². The van der Waals surface area contributed by atoms with Crippen LogP contribution in [0.15, 0.2) is 24.3 Å². The standard InChI is InChI=1S/C18H24F3NO2/c19-18(20,21)15-7-5-13(6-8-15)17-14(3-2-10-24-17)11-22-9-1-4-16(22)12-23/h5-8,14,16-17,23H,1-4,9-12H2/t14-,16?,17-/m1/s1. The Kier molecular flexibility index (Phi) is 5.47. The molecule has 3 nitrogen and oxygen atoms in total. The van der Waals surface area contributed by atoms with Gasteiger partial charge in [-0.2, -0.15) is 13.2 Å². The molecule has 2 heterocycles. The van der Waals surface area contributed by atoms with Gasteiger partial charge in [-0.1, -0.05) is 12.1 Å². The number of rotatable bonds is 4. The fraction of sp³-hybridized carbons (Fsp3) is 0.667. The zero-order valence-corrected chi connectivity index (χ0v) is 13.6. The molecule has 0 aliphatic carbocycles. The maximum Gasteiger partial charge on any atom is 0.416 e. The van der Waals surface area contributed by atoms with Crippen LogP contribution in [0.2, 0.25) is 0 Å². The second kappa shape index (κ2) is 7.42. The van der Waals surface area contributed by atoms with Crippen molar-refractivity contribution >= 4 is 0 Å². The molecule has 1 aromatic carbocycles. The van der Waals surface area contributed by atoms with Gasteiger partial charge in [0.25, 0.3) is 0 Å². The van der Waals surface area contributed by atoms with E-state index in [-0.39, 0.29) is 24.7 Å². The minimum Gasteiger partial charge on any atom is -0.395 e. The van der Waals surface area contributed by atoms with Crippen molar-refractivity contribution in [1.82, 2.24) is 4.90 Å². The van der Waals surface area contributed by atoms with E-state index in [0.29, 0.717) is 6.61 Å². The Morgan fingerprint density at radius 1 is 1.12 bits per heavy atom. The topological polar surface area (TPSA) is 32.7 Å². The Morgan fingerprint density at radius 2 is 1.88 bits per heavy atom. The number of alkyl halides is 3. The van der Waals surface area contributed by atoms with Crippen LogP contribution in [0.25, 0.3) is 0 Å². The van der Waals surface area contributed by atoms with Crippen molar-refractivity contribution < 1.29 is 23.0 Å². The van der Waals surface area contributed by atoms with Gasteiger partial charge in [0.15, 0.2) is 0 Å². The normalized spacial score (nSPS) is 29.1. The van der Waals surface area contributed by atoms with Gasteiger partial charge in [0.1, 0.15) is 0 Å². The minimum atomic E-state index is -4.31. The maximum atomic E-state index is 12.7. The molecule has 2 fully saturated rings. The van der Waals surface area contributed by atoms with Gasteiger partial charge in [-0.25, -0.2) is 0 Å². The monoisotopic (exact) mass is 343 g/mol. The van der Waals surface area contributed by atoms with Gasteiger partial charge in [-0.15, -0.1) is 0 Å². The van der Waals surface area contributed by atoms with E-state index >= 15 is 0 Å². The number of likely N-dealkylation sites (tertiary alicyclic amines) is 1. The van der Waals surface area contributed by atoms with Crippen molar-refractivity contribution in [1.29, 1.82) is 0 Å². The second-order valence-electron chi connectivity index (χ2n) is 6.79. The molecular formula is C18H24F3NO2. The number of halogens is 3. The highest BCUT2D eigenvalue weighted by molar-refractivity contribution is 5.26. The van der Waals surface area contributed by atoms with Crippen LogP contribution in [0.3, 0.4) is 0 Å². The number of benzene rings is 1. The summed E-state index contributed by atoms with van der Waals surface area (Å²) in [6.07, 6.45) is -0.408. The quantitative estimate of drug-likeness (QED) is 0.906. The Labute approximate surface area is 140 Å². The first-order valence-electron chi connectivity index (χ1n) is 8.62. The van der Waals surface area contributed by atoms with Gasteiger partial charge >= 0.3 is 6.18 Å². The summed E-state index contributed by atoms with van der Waals surface area (Å²) in [5.41, 5.74) is 0.186. The van der Waals surface area contributed by atoms with Crippen LogP contribution >= 0.6 is 0 Å². The fourth-order valence-electron chi connectivity index (χ4n) is 3.90. The van der Waals surface area contributed by atoms with Crippen molar-refractivity contribution in [3.8, 4) is 0 Å². The highest BCUT2D eigenvalue weighted by Gasteiger charge is 2.34. The Bertz CT molecular complexity index is 532. The third kappa shape index (κ3) is 3.92. The Morgan fingerprint density at radius 3 is 2.54 bits per heavy atom. The van der Waals surface area contributed by atoms with E-state index in [1.165, 1.54) is 0 Å². The third-order valence-electron chi connectivity index (χ3n) is 5.19. The number of hydrogen-bond acceptors (Lipinski definition) is 3. The van der Waals surface area contributed by atoms with Crippen molar-refractivity contribution in [3.63, 3.8) is 0 Å².